The van der Waals surface area contributed by atoms with Gasteiger partial charge in [-0.25, -0.2) is 4.39 Å². The van der Waals surface area contributed by atoms with Gasteiger partial charge in [-0.2, -0.15) is 0 Å². The minimum Gasteiger partial charge on any atom is -0.354 e. The first-order chi connectivity index (χ1) is 15.5. The summed E-state index contributed by atoms with van der Waals surface area (Å²) in [5, 5.41) is 6.19. The molecule has 7 nitrogen and oxygen atoms in total. The summed E-state index contributed by atoms with van der Waals surface area (Å²) in [5.41, 5.74) is 0.0538. The molecule has 1 atom stereocenters. The van der Waals surface area contributed by atoms with Gasteiger partial charge in [0.25, 0.3) is 5.91 Å². The van der Waals surface area contributed by atoms with Crippen LogP contribution in [0.3, 0.4) is 0 Å². The smallest absolute Gasteiger partial charge is 0.273 e. The van der Waals surface area contributed by atoms with E-state index in [0.29, 0.717) is 41.5 Å². The maximum Gasteiger partial charge on any atom is 0.273 e. The van der Waals surface area contributed by atoms with Crippen LogP contribution >= 0.6 is 0 Å². The molecule has 0 aliphatic carbocycles. The Balaban J connectivity index is 2.13. The zero-order chi connectivity index (χ0) is 24.5. The van der Waals surface area contributed by atoms with Gasteiger partial charge in [-0.15, -0.1) is 0 Å². The molecule has 0 radical (unpaired) electrons. The van der Waals surface area contributed by atoms with Gasteiger partial charge in [-0.1, -0.05) is 27.7 Å². The van der Waals surface area contributed by atoms with E-state index in [1.165, 1.54) is 19.1 Å². The number of fused-ring (bicyclic) bond motifs is 3. The molecule has 1 aromatic carbocycles. The number of rotatable bonds is 8. The van der Waals surface area contributed by atoms with Crippen molar-refractivity contribution < 1.29 is 18.8 Å². The van der Waals surface area contributed by atoms with Gasteiger partial charge in [0, 0.05) is 25.4 Å². The fourth-order valence-electron chi connectivity index (χ4n) is 4.36. The number of anilines is 1. The molecule has 2 heterocycles. The average Bonchev–Trinajstić information content (AvgIpc) is 2.99. The zero-order valence-electron chi connectivity index (χ0n) is 20.4. The van der Waals surface area contributed by atoms with Gasteiger partial charge in [0.05, 0.1) is 17.7 Å². The van der Waals surface area contributed by atoms with Gasteiger partial charge >= 0.3 is 0 Å². The predicted molar refractivity (Wildman–Crippen MR) is 128 cm³/mol. The van der Waals surface area contributed by atoms with Crippen molar-refractivity contribution >= 4 is 34.3 Å². The van der Waals surface area contributed by atoms with Gasteiger partial charge in [-0.3, -0.25) is 14.4 Å². The van der Waals surface area contributed by atoms with E-state index in [4.69, 9.17) is 0 Å². The molecule has 1 aromatic heterocycles. The summed E-state index contributed by atoms with van der Waals surface area (Å²) in [7, 11) is 0. The highest BCUT2D eigenvalue weighted by Gasteiger charge is 2.48. The largest absolute Gasteiger partial charge is 0.354 e. The molecule has 0 saturated carbocycles. The van der Waals surface area contributed by atoms with E-state index in [-0.39, 0.29) is 30.0 Å². The summed E-state index contributed by atoms with van der Waals surface area (Å²) >= 11 is 0. The Morgan fingerprint density at radius 1 is 1.15 bits per heavy atom. The Bertz CT molecular complexity index is 1080. The molecule has 0 fully saturated rings. The summed E-state index contributed by atoms with van der Waals surface area (Å²) in [6, 6.07) is 4.23. The second kappa shape index (κ2) is 9.53. The van der Waals surface area contributed by atoms with E-state index in [1.54, 1.807) is 22.5 Å². The molecule has 0 spiro atoms. The van der Waals surface area contributed by atoms with Crippen molar-refractivity contribution in [2.75, 3.05) is 18.4 Å². The second-order valence-electron chi connectivity index (χ2n) is 10.0. The topological polar surface area (TPSA) is 83.4 Å². The minimum atomic E-state index is -1.12. The lowest BCUT2D eigenvalue weighted by molar-refractivity contribution is -0.133. The van der Waals surface area contributed by atoms with Crippen LogP contribution in [0.5, 0.6) is 0 Å². The van der Waals surface area contributed by atoms with Crippen LogP contribution in [0, 0.1) is 17.7 Å². The van der Waals surface area contributed by atoms with Crippen LogP contribution in [0.25, 0.3) is 10.9 Å². The van der Waals surface area contributed by atoms with Gasteiger partial charge in [0.15, 0.2) is 0 Å². The third kappa shape index (κ3) is 4.89. The first kappa shape index (κ1) is 24.7. The number of amides is 3. The van der Waals surface area contributed by atoms with Crippen molar-refractivity contribution in [2.45, 2.75) is 66.5 Å². The number of hydrogen-bond donors (Lipinski definition) is 2. The fraction of sp³-hybridized carbons (Fsp3) is 0.560. The van der Waals surface area contributed by atoms with Crippen molar-refractivity contribution in [3.63, 3.8) is 0 Å². The second-order valence-corrected chi connectivity index (χ2v) is 10.0. The average molecular weight is 459 g/mol. The van der Waals surface area contributed by atoms with E-state index >= 15 is 0 Å². The highest BCUT2D eigenvalue weighted by Crippen LogP contribution is 2.39. The Morgan fingerprint density at radius 3 is 2.42 bits per heavy atom. The van der Waals surface area contributed by atoms with E-state index in [9.17, 15) is 18.8 Å². The number of nitrogens with one attached hydrogen (secondary N) is 2. The Morgan fingerprint density at radius 2 is 1.82 bits per heavy atom. The first-order valence-corrected chi connectivity index (χ1v) is 11.6. The molecule has 180 valence electrons. The normalized spacial score (nSPS) is 18.2. The number of benzene rings is 1. The Hall–Kier alpha value is -2.90. The monoisotopic (exact) mass is 458 g/mol. The molecular formula is C25H35FN4O3. The summed E-state index contributed by atoms with van der Waals surface area (Å²) in [5.74, 6) is -0.591. The third-order valence-electron chi connectivity index (χ3n) is 6.26. The Labute approximate surface area is 194 Å². The predicted octanol–water partition coefficient (Wildman–Crippen LogP) is 4.16. The van der Waals surface area contributed by atoms with Crippen LogP contribution < -0.4 is 10.6 Å². The standard InChI is InChI=1S/C25H35FN4O3/c1-15(2)9-11-27-24(33)25(6)14-29-20-8-7-18(26)13-19(20)21(28-17(5)31)22(29)23(32)30(25)12-10-16(3)4/h7-8,13,15-16H,9-12,14H2,1-6H3,(H,27,33)(H,28,31). The van der Waals surface area contributed by atoms with Crippen LogP contribution in [0.1, 0.15) is 64.9 Å². The number of nitrogens with zero attached hydrogens (tertiary/aromatic N) is 2. The third-order valence-corrected chi connectivity index (χ3v) is 6.26. The molecule has 1 aliphatic rings. The van der Waals surface area contributed by atoms with Gasteiger partial charge in [0.2, 0.25) is 11.8 Å². The van der Waals surface area contributed by atoms with Crippen molar-refractivity contribution in [2.24, 2.45) is 11.8 Å². The summed E-state index contributed by atoms with van der Waals surface area (Å²) in [4.78, 5) is 40.9. The lowest BCUT2D eigenvalue weighted by Gasteiger charge is -2.44. The first-order valence-electron chi connectivity index (χ1n) is 11.6. The van der Waals surface area contributed by atoms with Crippen LogP contribution in [-0.2, 0) is 16.1 Å². The highest BCUT2D eigenvalue weighted by atomic mass is 19.1. The summed E-state index contributed by atoms with van der Waals surface area (Å²) in [6.45, 7) is 12.6. The van der Waals surface area contributed by atoms with E-state index < -0.39 is 11.4 Å². The molecule has 8 heteroatoms. The van der Waals surface area contributed by atoms with Crippen LogP contribution in [0.4, 0.5) is 10.1 Å². The van der Waals surface area contributed by atoms with Crippen molar-refractivity contribution in [1.29, 1.82) is 0 Å². The van der Waals surface area contributed by atoms with Crippen molar-refractivity contribution in [3.05, 3.63) is 29.7 Å². The molecule has 2 aromatic rings. The Kier molecular flexibility index (Phi) is 7.14. The number of hydrogen-bond acceptors (Lipinski definition) is 3. The van der Waals surface area contributed by atoms with Crippen LogP contribution in [0.2, 0.25) is 0 Å². The number of carbonyl (C=O) groups is 3. The molecular weight excluding hydrogens is 423 g/mol. The fourth-order valence-corrected chi connectivity index (χ4v) is 4.36. The summed E-state index contributed by atoms with van der Waals surface area (Å²) in [6.07, 6.45) is 1.57. The van der Waals surface area contributed by atoms with Gasteiger partial charge in [-0.05, 0) is 49.8 Å². The van der Waals surface area contributed by atoms with E-state index in [2.05, 4.69) is 38.3 Å². The SMILES string of the molecule is CC(=O)Nc1c2n(c3ccc(F)cc13)CC(C)(C(=O)NCCC(C)C)N(CCC(C)C)C2=O. The zero-order valence-corrected chi connectivity index (χ0v) is 20.4. The maximum absolute atomic E-state index is 14.1. The van der Waals surface area contributed by atoms with Gasteiger partial charge < -0.3 is 20.1 Å². The molecule has 2 N–H and O–H groups in total. The molecule has 3 amide bonds. The van der Waals surface area contributed by atoms with Crippen LogP contribution in [-0.4, -0.2) is 45.8 Å². The minimum absolute atomic E-state index is 0.210. The van der Waals surface area contributed by atoms with Crippen LogP contribution in [0.15, 0.2) is 18.2 Å². The van der Waals surface area contributed by atoms with Crippen molar-refractivity contribution in [3.8, 4) is 0 Å². The molecule has 3 rings (SSSR count). The van der Waals surface area contributed by atoms with Gasteiger partial charge in [0.1, 0.15) is 17.1 Å². The van der Waals surface area contributed by atoms with Crippen molar-refractivity contribution in [1.82, 2.24) is 14.8 Å². The quantitative estimate of drug-likeness (QED) is 0.623. The number of halogens is 1. The van der Waals surface area contributed by atoms with E-state index in [0.717, 1.165) is 12.8 Å². The lowest BCUT2D eigenvalue weighted by atomic mass is 9.93. The molecule has 1 unspecified atom stereocenters. The molecule has 0 saturated heterocycles. The molecule has 1 aliphatic heterocycles. The summed E-state index contributed by atoms with van der Waals surface area (Å²) < 4.78 is 15.9. The molecule has 33 heavy (non-hydrogen) atoms. The number of aromatic nitrogens is 1. The number of carbonyl (C=O) groups excluding carboxylic acids is 3. The highest BCUT2D eigenvalue weighted by molar-refractivity contribution is 6.14. The van der Waals surface area contributed by atoms with E-state index in [1.807, 2.05) is 0 Å². The molecule has 0 bridgehead atoms. The maximum atomic E-state index is 14.1. The lowest BCUT2D eigenvalue weighted by Crippen LogP contribution is -2.64.